The van der Waals surface area contributed by atoms with Gasteiger partial charge in [0.2, 0.25) is 0 Å². The molecule has 0 radical (unpaired) electrons. The zero-order valence-corrected chi connectivity index (χ0v) is 11.0. The fourth-order valence-corrected chi connectivity index (χ4v) is 2.25. The molecule has 1 heterocycles. The maximum atomic E-state index is 9.52. The van der Waals surface area contributed by atoms with Crippen LogP contribution >= 0.6 is 0 Å². The summed E-state index contributed by atoms with van der Waals surface area (Å²) in [6, 6.07) is 0. The lowest BCUT2D eigenvalue weighted by Crippen LogP contribution is -2.53. The second-order valence-electron chi connectivity index (χ2n) is 5.44. The van der Waals surface area contributed by atoms with Crippen LogP contribution < -0.4 is 5.32 Å². The summed E-state index contributed by atoms with van der Waals surface area (Å²) in [5.74, 6) is 0. The summed E-state index contributed by atoms with van der Waals surface area (Å²) in [6.07, 6.45) is 4.34. The van der Waals surface area contributed by atoms with Crippen molar-refractivity contribution in [1.29, 1.82) is 0 Å². The van der Waals surface area contributed by atoms with E-state index >= 15 is 0 Å². The van der Waals surface area contributed by atoms with Gasteiger partial charge < -0.3 is 15.2 Å². The van der Waals surface area contributed by atoms with Gasteiger partial charge in [-0.15, -0.1) is 0 Å². The van der Waals surface area contributed by atoms with Crippen LogP contribution in [0.4, 0.5) is 0 Å². The Morgan fingerprint density at radius 3 is 2.50 bits per heavy atom. The third-order valence-electron chi connectivity index (χ3n) is 4.16. The lowest BCUT2D eigenvalue weighted by molar-refractivity contribution is 0.0164. The number of aliphatic hydroxyl groups excluding tert-OH is 1. The average Bonchev–Trinajstić information content (AvgIpc) is 2.33. The van der Waals surface area contributed by atoms with Gasteiger partial charge in [0.05, 0.1) is 6.61 Å². The minimum atomic E-state index is 0.0421. The van der Waals surface area contributed by atoms with E-state index in [4.69, 9.17) is 4.74 Å². The van der Waals surface area contributed by atoms with Crippen molar-refractivity contribution in [3.05, 3.63) is 0 Å². The quantitative estimate of drug-likeness (QED) is 0.731. The van der Waals surface area contributed by atoms with Gasteiger partial charge in [0, 0.05) is 30.7 Å². The van der Waals surface area contributed by atoms with Crippen LogP contribution in [0.5, 0.6) is 0 Å². The van der Waals surface area contributed by atoms with Gasteiger partial charge in [-0.3, -0.25) is 0 Å². The smallest absolute Gasteiger partial charge is 0.0645 e. The van der Waals surface area contributed by atoms with Crippen molar-refractivity contribution in [3.63, 3.8) is 0 Å². The molecule has 2 N–H and O–H groups in total. The first-order chi connectivity index (χ1) is 7.60. The summed E-state index contributed by atoms with van der Waals surface area (Å²) < 4.78 is 5.53. The molecular formula is C13H27NO2. The van der Waals surface area contributed by atoms with E-state index in [0.717, 1.165) is 39.0 Å². The van der Waals surface area contributed by atoms with Crippen molar-refractivity contribution < 1.29 is 9.84 Å². The first-order valence-electron chi connectivity index (χ1n) is 6.53. The van der Waals surface area contributed by atoms with Gasteiger partial charge in [-0.05, 0) is 32.6 Å². The lowest BCUT2D eigenvalue weighted by atomic mass is 9.82. The van der Waals surface area contributed by atoms with Gasteiger partial charge in [-0.25, -0.2) is 0 Å². The molecule has 3 heteroatoms. The number of nitrogens with one attached hydrogen (secondary N) is 1. The van der Waals surface area contributed by atoms with Crippen LogP contribution in [0.15, 0.2) is 0 Å². The predicted octanol–water partition coefficient (Wildman–Crippen LogP) is 1.94. The van der Waals surface area contributed by atoms with Crippen LogP contribution in [0, 0.1) is 5.41 Å². The Morgan fingerprint density at radius 2 is 2.06 bits per heavy atom. The fraction of sp³-hybridized carbons (Fsp3) is 1.00. The van der Waals surface area contributed by atoms with Crippen molar-refractivity contribution in [3.8, 4) is 0 Å². The Kier molecular flexibility index (Phi) is 5.22. The minimum absolute atomic E-state index is 0.0421. The Morgan fingerprint density at radius 1 is 1.38 bits per heavy atom. The number of aliphatic hydroxyl groups is 1. The van der Waals surface area contributed by atoms with E-state index in [1.54, 1.807) is 0 Å². The molecule has 1 aliphatic rings. The van der Waals surface area contributed by atoms with Crippen LogP contribution in [0.25, 0.3) is 0 Å². The van der Waals surface area contributed by atoms with Crippen LogP contribution in [0.2, 0.25) is 0 Å². The monoisotopic (exact) mass is 229 g/mol. The second kappa shape index (κ2) is 5.99. The van der Waals surface area contributed by atoms with E-state index < -0.39 is 0 Å². The van der Waals surface area contributed by atoms with Gasteiger partial charge in [0.15, 0.2) is 0 Å². The van der Waals surface area contributed by atoms with Gasteiger partial charge in [-0.2, -0.15) is 0 Å². The molecule has 0 bridgehead atoms. The summed E-state index contributed by atoms with van der Waals surface area (Å²) in [6.45, 7) is 9.37. The molecule has 0 amide bonds. The third kappa shape index (κ3) is 3.44. The zero-order valence-electron chi connectivity index (χ0n) is 11.0. The molecule has 96 valence electrons. The standard InChI is InChI=1S/C13H27NO2/c1-4-13(5-2,10-15)9-14-12(3)7-6-8-16-11-12/h14-15H,4-11H2,1-3H3. The second-order valence-corrected chi connectivity index (χ2v) is 5.44. The van der Waals surface area contributed by atoms with Crippen molar-refractivity contribution in [2.24, 2.45) is 5.41 Å². The summed E-state index contributed by atoms with van der Waals surface area (Å²) in [5.41, 5.74) is 0.142. The van der Waals surface area contributed by atoms with Gasteiger partial charge in [0.1, 0.15) is 0 Å². The van der Waals surface area contributed by atoms with Crippen molar-refractivity contribution in [1.82, 2.24) is 5.32 Å². The topological polar surface area (TPSA) is 41.5 Å². The Labute approximate surface area is 99.6 Å². The molecule has 0 aromatic carbocycles. The van der Waals surface area contributed by atoms with E-state index in [1.807, 2.05) is 0 Å². The highest BCUT2D eigenvalue weighted by molar-refractivity contribution is 4.89. The molecule has 0 spiro atoms. The van der Waals surface area contributed by atoms with E-state index in [9.17, 15) is 5.11 Å². The molecule has 1 aliphatic heterocycles. The largest absolute Gasteiger partial charge is 0.396 e. The van der Waals surface area contributed by atoms with Gasteiger partial charge in [0.25, 0.3) is 0 Å². The SMILES string of the molecule is CCC(CC)(CO)CNC1(C)CCCOC1. The molecule has 0 aliphatic carbocycles. The third-order valence-corrected chi connectivity index (χ3v) is 4.16. The normalized spacial score (nSPS) is 27.0. The Hall–Kier alpha value is -0.120. The molecule has 0 aromatic rings. The molecule has 0 aromatic heterocycles. The maximum absolute atomic E-state index is 9.52. The molecule has 1 rings (SSSR count). The molecule has 1 saturated heterocycles. The van der Waals surface area contributed by atoms with Crippen LogP contribution in [0.1, 0.15) is 46.5 Å². The molecule has 1 fully saturated rings. The fourth-order valence-electron chi connectivity index (χ4n) is 2.25. The summed E-state index contributed by atoms with van der Waals surface area (Å²) in [7, 11) is 0. The first kappa shape index (κ1) is 13.9. The van der Waals surface area contributed by atoms with Crippen LogP contribution in [-0.2, 0) is 4.74 Å². The van der Waals surface area contributed by atoms with E-state index in [-0.39, 0.29) is 17.6 Å². The first-order valence-corrected chi connectivity index (χ1v) is 6.53. The number of hydrogen-bond donors (Lipinski definition) is 2. The van der Waals surface area contributed by atoms with Crippen molar-refractivity contribution in [2.45, 2.75) is 52.0 Å². The molecule has 1 unspecified atom stereocenters. The van der Waals surface area contributed by atoms with Crippen molar-refractivity contribution in [2.75, 3.05) is 26.4 Å². The minimum Gasteiger partial charge on any atom is -0.396 e. The van der Waals surface area contributed by atoms with E-state index in [2.05, 4.69) is 26.1 Å². The highest BCUT2D eigenvalue weighted by Crippen LogP contribution is 2.27. The summed E-state index contributed by atoms with van der Waals surface area (Å²) in [5, 5.41) is 13.1. The van der Waals surface area contributed by atoms with Crippen LogP contribution in [0.3, 0.4) is 0 Å². The molecule has 1 atom stereocenters. The highest BCUT2D eigenvalue weighted by Gasteiger charge is 2.32. The average molecular weight is 229 g/mol. The highest BCUT2D eigenvalue weighted by atomic mass is 16.5. The Balaban J connectivity index is 2.47. The number of rotatable bonds is 6. The predicted molar refractivity (Wildman–Crippen MR) is 66.6 cm³/mol. The molecule has 3 nitrogen and oxygen atoms in total. The van der Waals surface area contributed by atoms with Crippen LogP contribution in [-0.4, -0.2) is 37.0 Å². The molecular weight excluding hydrogens is 202 g/mol. The summed E-state index contributed by atoms with van der Waals surface area (Å²) >= 11 is 0. The Bertz CT molecular complexity index is 188. The molecule has 16 heavy (non-hydrogen) atoms. The maximum Gasteiger partial charge on any atom is 0.0645 e. The zero-order chi connectivity index (χ0) is 12.1. The van der Waals surface area contributed by atoms with Crippen molar-refractivity contribution >= 4 is 0 Å². The van der Waals surface area contributed by atoms with Gasteiger partial charge in [-0.1, -0.05) is 13.8 Å². The number of ether oxygens (including phenoxy) is 1. The van der Waals surface area contributed by atoms with Gasteiger partial charge >= 0.3 is 0 Å². The number of hydrogen-bond acceptors (Lipinski definition) is 3. The molecule has 0 saturated carbocycles. The van der Waals surface area contributed by atoms with E-state index in [1.165, 1.54) is 6.42 Å². The van der Waals surface area contributed by atoms with E-state index in [0.29, 0.717) is 0 Å². The summed E-state index contributed by atoms with van der Waals surface area (Å²) in [4.78, 5) is 0. The lowest BCUT2D eigenvalue weighted by Gasteiger charge is -2.39.